The van der Waals surface area contributed by atoms with Crippen molar-refractivity contribution in [1.82, 2.24) is 10.2 Å². The maximum absolute atomic E-state index is 14.0. The van der Waals surface area contributed by atoms with Crippen LogP contribution in [0.15, 0.2) is 77.7 Å². The van der Waals surface area contributed by atoms with E-state index >= 15 is 0 Å². The Morgan fingerprint density at radius 3 is 2.24 bits per heavy atom. The summed E-state index contributed by atoms with van der Waals surface area (Å²) < 4.78 is 28.4. The van der Waals surface area contributed by atoms with Crippen molar-refractivity contribution in [2.45, 2.75) is 50.7 Å². The van der Waals surface area contributed by atoms with Gasteiger partial charge in [0.2, 0.25) is 11.8 Å². The topological polar surface area (TPSA) is 130 Å². The van der Waals surface area contributed by atoms with E-state index in [9.17, 15) is 28.1 Å². The van der Waals surface area contributed by atoms with Gasteiger partial charge in [-0.05, 0) is 56.2 Å². The quantitative estimate of drug-likeness (QED) is 0.212. The number of non-ortho nitro benzene ring substituents is 1. The van der Waals surface area contributed by atoms with Gasteiger partial charge < -0.3 is 10.2 Å². The Labute approximate surface area is 249 Å². The molecule has 0 aliphatic carbocycles. The van der Waals surface area contributed by atoms with Crippen molar-refractivity contribution >= 4 is 56.4 Å². The molecular formula is C28H30Cl2N4O6S. The first kappa shape index (κ1) is 31.9. The van der Waals surface area contributed by atoms with Crippen molar-refractivity contribution in [2.24, 2.45) is 0 Å². The SMILES string of the molecule is CC[C@H](C(=O)NC(C)C)N(Cc1ccc(Cl)c(Cl)c1)C(=O)CN(c1cccc([N+](=O)[O-])c1)S(=O)(=O)c1ccccc1. The second kappa shape index (κ2) is 13.8. The molecule has 2 amide bonds. The summed E-state index contributed by atoms with van der Waals surface area (Å²) in [6, 6.07) is 16.0. The largest absolute Gasteiger partial charge is 0.352 e. The molecule has 0 unspecified atom stereocenters. The highest BCUT2D eigenvalue weighted by Crippen LogP contribution is 2.28. The van der Waals surface area contributed by atoms with Crippen LogP contribution in [0.4, 0.5) is 11.4 Å². The van der Waals surface area contributed by atoms with Gasteiger partial charge in [0.1, 0.15) is 12.6 Å². The maximum atomic E-state index is 14.0. The molecule has 3 aromatic rings. The highest BCUT2D eigenvalue weighted by Gasteiger charge is 2.34. The zero-order valence-electron chi connectivity index (χ0n) is 22.7. The lowest BCUT2D eigenvalue weighted by molar-refractivity contribution is -0.384. The lowest BCUT2D eigenvalue weighted by Crippen LogP contribution is -2.53. The Morgan fingerprint density at radius 1 is 0.976 bits per heavy atom. The van der Waals surface area contributed by atoms with Crippen LogP contribution < -0.4 is 9.62 Å². The zero-order valence-corrected chi connectivity index (χ0v) is 25.0. The number of nitro groups is 1. The molecule has 0 aliphatic rings. The van der Waals surface area contributed by atoms with Crippen molar-refractivity contribution in [3.05, 3.63) is 98.5 Å². The van der Waals surface area contributed by atoms with Gasteiger partial charge in [-0.15, -0.1) is 0 Å². The van der Waals surface area contributed by atoms with Crippen molar-refractivity contribution in [3.8, 4) is 0 Å². The lowest BCUT2D eigenvalue weighted by Gasteiger charge is -2.33. The third-order valence-electron chi connectivity index (χ3n) is 6.09. The van der Waals surface area contributed by atoms with Gasteiger partial charge in [-0.1, -0.05) is 60.5 Å². The molecule has 0 aliphatic heterocycles. The molecule has 1 N–H and O–H groups in total. The molecule has 10 nitrogen and oxygen atoms in total. The number of nitro benzene ring substituents is 1. The number of amides is 2. The second-order valence-electron chi connectivity index (χ2n) is 9.46. The number of rotatable bonds is 12. The molecule has 0 saturated carbocycles. The number of anilines is 1. The number of carbonyl (C=O) groups is 2. The van der Waals surface area contributed by atoms with Crippen molar-refractivity contribution < 1.29 is 22.9 Å². The van der Waals surface area contributed by atoms with E-state index in [2.05, 4.69) is 5.32 Å². The van der Waals surface area contributed by atoms with Gasteiger partial charge in [-0.25, -0.2) is 8.42 Å². The summed E-state index contributed by atoms with van der Waals surface area (Å²) in [7, 11) is -4.36. The standard InChI is InChI=1S/C28H30Cl2N4O6S/c1-4-26(28(36)31-19(2)3)32(17-20-13-14-24(29)25(30)15-20)27(35)18-33(21-9-8-10-22(16-21)34(37)38)41(39,40)23-11-6-5-7-12-23/h5-16,19,26H,4,17-18H2,1-3H3,(H,31,36)/t26-/m1/s1. The van der Waals surface area contributed by atoms with E-state index in [4.69, 9.17) is 23.2 Å². The number of halogens is 2. The number of nitrogens with zero attached hydrogens (tertiary/aromatic N) is 3. The molecular weight excluding hydrogens is 591 g/mol. The Hall–Kier alpha value is -3.67. The van der Waals surface area contributed by atoms with E-state index in [1.54, 1.807) is 45.0 Å². The van der Waals surface area contributed by atoms with E-state index in [0.29, 0.717) is 10.6 Å². The van der Waals surface area contributed by atoms with E-state index in [-0.39, 0.29) is 40.3 Å². The summed E-state index contributed by atoms with van der Waals surface area (Å²) in [4.78, 5) is 39.2. The fourth-order valence-corrected chi connectivity index (χ4v) is 5.89. The molecule has 0 spiro atoms. The normalized spacial score (nSPS) is 12.0. The number of benzene rings is 3. The molecule has 3 rings (SSSR count). The molecule has 0 bridgehead atoms. The molecule has 0 saturated heterocycles. The monoisotopic (exact) mass is 620 g/mol. The predicted molar refractivity (Wildman–Crippen MR) is 158 cm³/mol. The van der Waals surface area contributed by atoms with E-state index in [0.717, 1.165) is 10.4 Å². The van der Waals surface area contributed by atoms with Gasteiger partial charge in [0, 0.05) is 24.7 Å². The van der Waals surface area contributed by atoms with Crippen LogP contribution in [0.1, 0.15) is 32.8 Å². The number of sulfonamides is 1. The molecule has 3 aromatic carbocycles. The lowest BCUT2D eigenvalue weighted by atomic mass is 10.1. The zero-order chi connectivity index (χ0) is 30.3. The van der Waals surface area contributed by atoms with Gasteiger partial charge in [0.05, 0.1) is 25.6 Å². The number of nitrogens with one attached hydrogen (secondary N) is 1. The highest BCUT2D eigenvalue weighted by molar-refractivity contribution is 7.92. The van der Waals surface area contributed by atoms with E-state index in [1.165, 1.54) is 47.4 Å². The summed E-state index contributed by atoms with van der Waals surface area (Å²) in [6.07, 6.45) is 0.230. The molecule has 0 fully saturated rings. The first-order valence-electron chi connectivity index (χ1n) is 12.7. The third-order valence-corrected chi connectivity index (χ3v) is 8.62. The van der Waals surface area contributed by atoms with Crippen molar-refractivity contribution in [3.63, 3.8) is 0 Å². The minimum Gasteiger partial charge on any atom is -0.352 e. The molecule has 0 radical (unpaired) electrons. The van der Waals surface area contributed by atoms with Crippen LogP contribution in [0, 0.1) is 10.1 Å². The smallest absolute Gasteiger partial charge is 0.271 e. The van der Waals surface area contributed by atoms with Gasteiger partial charge in [-0.2, -0.15) is 0 Å². The minimum atomic E-state index is -4.36. The Morgan fingerprint density at radius 2 is 1.66 bits per heavy atom. The van der Waals surface area contributed by atoms with Crippen molar-refractivity contribution in [1.29, 1.82) is 0 Å². The van der Waals surface area contributed by atoms with Gasteiger partial charge in [-0.3, -0.25) is 24.0 Å². The average Bonchev–Trinajstić information content (AvgIpc) is 2.93. The highest BCUT2D eigenvalue weighted by atomic mass is 35.5. The summed E-state index contributed by atoms with van der Waals surface area (Å²) in [5, 5.41) is 14.8. The Kier molecular flexibility index (Phi) is 10.7. The molecule has 41 heavy (non-hydrogen) atoms. The molecule has 0 heterocycles. The van der Waals surface area contributed by atoms with Crippen LogP contribution in [-0.4, -0.2) is 48.7 Å². The average molecular weight is 622 g/mol. The van der Waals surface area contributed by atoms with Crippen LogP contribution in [-0.2, 0) is 26.2 Å². The summed E-state index contributed by atoms with van der Waals surface area (Å²) in [5.41, 5.74) is 0.139. The predicted octanol–water partition coefficient (Wildman–Crippen LogP) is 5.43. The molecule has 0 aromatic heterocycles. The summed E-state index contributed by atoms with van der Waals surface area (Å²) in [6.45, 7) is 4.50. The summed E-state index contributed by atoms with van der Waals surface area (Å²) in [5.74, 6) is -1.11. The molecule has 1 atom stereocenters. The van der Waals surface area contributed by atoms with Gasteiger partial charge >= 0.3 is 0 Å². The third kappa shape index (κ3) is 7.96. The first-order valence-corrected chi connectivity index (χ1v) is 14.9. The van der Waals surface area contributed by atoms with Gasteiger partial charge in [0.25, 0.3) is 15.7 Å². The molecule has 218 valence electrons. The van der Waals surface area contributed by atoms with Crippen molar-refractivity contribution in [2.75, 3.05) is 10.8 Å². The summed E-state index contributed by atoms with van der Waals surface area (Å²) >= 11 is 12.3. The number of carbonyl (C=O) groups excluding carboxylic acids is 2. The van der Waals surface area contributed by atoms with Crippen LogP contribution in [0.2, 0.25) is 10.0 Å². The fraction of sp³-hybridized carbons (Fsp3) is 0.286. The second-order valence-corrected chi connectivity index (χ2v) is 12.1. The Balaban J connectivity index is 2.11. The molecule has 13 heteroatoms. The maximum Gasteiger partial charge on any atom is 0.271 e. The Bertz CT molecular complexity index is 1520. The van der Waals surface area contributed by atoms with E-state index < -0.39 is 39.3 Å². The first-order chi connectivity index (χ1) is 19.3. The fourth-order valence-electron chi connectivity index (χ4n) is 4.15. The van der Waals surface area contributed by atoms with Crippen LogP contribution in [0.5, 0.6) is 0 Å². The van der Waals surface area contributed by atoms with Crippen LogP contribution in [0.3, 0.4) is 0 Å². The number of hydrogen-bond donors (Lipinski definition) is 1. The van der Waals surface area contributed by atoms with E-state index in [1.807, 2.05) is 0 Å². The van der Waals surface area contributed by atoms with Gasteiger partial charge in [0.15, 0.2) is 0 Å². The number of hydrogen-bond acceptors (Lipinski definition) is 6. The van der Waals surface area contributed by atoms with Crippen LogP contribution >= 0.6 is 23.2 Å². The van der Waals surface area contributed by atoms with Crippen LogP contribution in [0.25, 0.3) is 0 Å². The minimum absolute atomic E-state index is 0.0755.